The minimum absolute atomic E-state index is 0.0421. The van der Waals surface area contributed by atoms with E-state index in [1.165, 1.54) is 0 Å². The molecule has 1 rings (SSSR count). The van der Waals surface area contributed by atoms with Gasteiger partial charge in [0.15, 0.2) is 0 Å². The molecule has 3 nitrogen and oxygen atoms in total. The van der Waals surface area contributed by atoms with E-state index in [0.717, 1.165) is 22.0 Å². The lowest BCUT2D eigenvalue weighted by atomic mass is 10.1. The molecule has 1 aromatic rings. The summed E-state index contributed by atoms with van der Waals surface area (Å²) in [4.78, 5) is 15.9. The van der Waals surface area contributed by atoms with Crippen molar-refractivity contribution in [1.29, 1.82) is 0 Å². The molecule has 0 bridgehead atoms. The predicted octanol–water partition coefficient (Wildman–Crippen LogP) is 2.28. The zero-order valence-corrected chi connectivity index (χ0v) is 9.52. The van der Waals surface area contributed by atoms with Crippen molar-refractivity contribution in [3.8, 4) is 0 Å². The van der Waals surface area contributed by atoms with Crippen LogP contribution in [0, 0.1) is 12.8 Å². The van der Waals surface area contributed by atoms with Crippen molar-refractivity contribution < 1.29 is 9.90 Å². The van der Waals surface area contributed by atoms with Gasteiger partial charge in [-0.25, -0.2) is 4.98 Å². The van der Waals surface area contributed by atoms with Crippen molar-refractivity contribution in [3.63, 3.8) is 0 Å². The number of thiazole rings is 1. The Morgan fingerprint density at radius 2 is 2.21 bits per heavy atom. The summed E-state index contributed by atoms with van der Waals surface area (Å²) < 4.78 is 0. The Morgan fingerprint density at radius 3 is 2.71 bits per heavy atom. The van der Waals surface area contributed by atoms with Gasteiger partial charge in [-0.15, -0.1) is 11.3 Å². The molecule has 1 heterocycles. The first kappa shape index (κ1) is 11.2. The summed E-state index contributed by atoms with van der Waals surface area (Å²) in [5.74, 6) is -0.243. The highest BCUT2D eigenvalue weighted by Gasteiger charge is 2.11. The molecular weight excluding hydrogens is 198 g/mol. The average molecular weight is 213 g/mol. The van der Waals surface area contributed by atoms with Gasteiger partial charge in [0.2, 0.25) is 0 Å². The fourth-order valence-corrected chi connectivity index (χ4v) is 2.39. The maximum Gasteiger partial charge on any atom is 0.309 e. The predicted molar refractivity (Wildman–Crippen MR) is 56.7 cm³/mol. The van der Waals surface area contributed by atoms with Gasteiger partial charge in [-0.05, 0) is 12.8 Å². The number of aryl methyl sites for hydroxylation is 1. The number of carbonyl (C=O) groups is 1. The summed E-state index contributed by atoms with van der Waals surface area (Å²) in [6.45, 7) is 6.20. The van der Waals surface area contributed by atoms with Gasteiger partial charge in [-0.3, -0.25) is 4.79 Å². The maximum atomic E-state index is 10.5. The van der Waals surface area contributed by atoms with Gasteiger partial charge in [0, 0.05) is 11.3 Å². The molecule has 14 heavy (non-hydrogen) atoms. The number of nitrogens with zero attached hydrogens (tertiary/aromatic N) is 1. The molecule has 0 aliphatic rings. The summed E-state index contributed by atoms with van der Waals surface area (Å²) >= 11 is 1.61. The highest BCUT2D eigenvalue weighted by molar-refractivity contribution is 7.11. The van der Waals surface area contributed by atoms with Crippen LogP contribution in [0.5, 0.6) is 0 Å². The van der Waals surface area contributed by atoms with Crippen molar-refractivity contribution in [2.75, 3.05) is 0 Å². The van der Waals surface area contributed by atoms with E-state index in [-0.39, 0.29) is 6.42 Å². The Bertz CT molecular complexity index is 331. The summed E-state index contributed by atoms with van der Waals surface area (Å²) in [7, 11) is 0. The van der Waals surface area contributed by atoms with Crippen molar-refractivity contribution in [3.05, 3.63) is 15.6 Å². The Balaban J connectivity index is 2.76. The minimum atomic E-state index is -0.811. The molecule has 1 aromatic heterocycles. The minimum Gasteiger partial charge on any atom is -0.481 e. The third-order valence-corrected chi connectivity index (χ3v) is 2.87. The van der Waals surface area contributed by atoms with Gasteiger partial charge >= 0.3 is 5.97 Å². The standard InChI is InChI=1S/C10H15NO2S/c1-6(2)4-9-11-8(5-10(12)13)7(3)14-9/h6H,4-5H2,1-3H3,(H,12,13). The first-order valence-corrected chi connectivity index (χ1v) is 5.47. The molecule has 0 saturated carbocycles. The number of rotatable bonds is 4. The Labute approximate surface area is 87.8 Å². The highest BCUT2D eigenvalue weighted by Crippen LogP contribution is 2.20. The van der Waals surface area contributed by atoms with E-state index < -0.39 is 5.97 Å². The first-order chi connectivity index (χ1) is 6.49. The summed E-state index contributed by atoms with van der Waals surface area (Å²) in [5, 5.41) is 9.70. The van der Waals surface area contributed by atoms with Gasteiger partial charge in [0.25, 0.3) is 0 Å². The SMILES string of the molecule is Cc1sc(CC(C)C)nc1CC(=O)O. The molecule has 0 saturated heterocycles. The third-order valence-electron chi connectivity index (χ3n) is 1.84. The number of hydrogen-bond acceptors (Lipinski definition) is 3. The van der Waals surface area contributed by atoms with Gasteiger partial charge in [-0.1, -0.05) is 13.8 Å². The quantitative estimate of drug-likeness (QED) is 0.834. The van der Waals surface area contributed by atoms with Crippen LogP contribution < -0.4 is 0 Å². The molecule has 4 heteroatoms. The highest BCUT2D eigenvalue weighted by atomic mass is 32.1. The summed E-state index contributed by atoms with van der Waals surface area (Å²) in [6.07, 6.45) is 0.978. The molecular formula is C10H15NO2S. The van der Waals surface area contributed by atoms with Gasteiger partial charge < -0.3 is 5.11 Å². The smallest absolute Gasteiger partial charge is 0.309 e. The molecule has 0 atom stereocenters. The van der Waals surface area contributed by atoms with Gasteiger partial charge in [0.1, 0.15) is 0 Å². The zero-order chi connectivity index (χ0) is 10.7. The fraction of sp³-hybridized carbons (Fsp3) is 0.600. The van der Waals surface area contributed by atoms with Crippen molar-refractivity contribution in [1.82, 2.24) is 4.98 Å². The second-order valence-corrected chi connectivity index (χ2v) is 5.07. The van der Waals surface area contributed by atoms with E-state index >= 15 is 0 Å². The molecule has 0 aliphatic carbocycles. The first-order valence-electron chi connectivity index (χ1n) is 4.66. The number of carboxylic acids is 1. The maximum absolute atomic E-state index is 10.5. The van der Waals surface area contributed by atoms with Gasteiger partial charge in [-0.2, -0.15) is 0 Å². The topological polar surface area (TPSA) is 50.2 Å². The largest absolute Gasteiger partial charge is 0.481 e. The van der Waals surface area contributed by atoms with Crippen LogP contribution in [0.1, 0.15) is 29.4 Å². The van der Waals surface area contributed by atoms with Crippen LogP contribution in [0.2, 0.25) is 0 Å². The molecule has 0 spiro atoms. The molecule has 0 amide bonds. The van der Waals surface area contributed by atoms with Crippen molar-refractivity contribution >= 4 is 17.3 Å². The lowest BCUT2D eigenvalue weighted by Gasteiger charge is -1.98. The number of aliphatic carboxylic acids is 1. The zero-order valence-electron chi connectivity index (χ0n) is 8.70. The van der Waals surface area contributed by atoms with Crippen LogP contribution in [0.15, 0.2) is 0 Å². The van der Waals surface area contributed by atoms with E-state index in [1.807, 2.05) is 6.92 Å². The van der Waals surface area contributed by atoms with E-state index in [9.17, 15) is 4.79 Å². The second kappa shape index (κ2) is 4.55. The van der Waals surface area contributed by atoms with Crippen LogP contribution >= 0.6 is 11.3 Å². The monoisotopic (exact) mass is 213 g/mol. The Hall–Kier alpha value is -0.900. The lowest BCUT2D eigenvalue weighted by Crippen LogP contribution is -2.02. The molecule has 0 aromatic carbocycles. The summed E-state index contributed by atoms with van der Waals surface area (Å²) in [5.41, 5.74) is 0.721. The second-order valence-electron chi connectivity index (χ2n) is 3.78. The molecule has 1 N–H and O–H groups in total. The van der Waals surface area contributed by atoms with E-state index in [2.05, 4.69) is 18.8 Å². The molecule has 0 aliphatic heterocycles. The molecule has 0 fully saturated rings. The normalized spacial score (nSPS) is 10.9. The summed E-state index contributed by atoms with van der Waals surface area (Å²) in [6, 6.07) is 0. The lowest BCUT2D eigenvalue weighted by molar-refractivity contribution is -0.136. The number of carboxylic acid groups (broad SMARTS) is 1. The molecule has 0 unspecified atom stereocenters. The number of aromatic nitrogens is 1. The van der Waals surface area contributed by atoms with Gasteiger partial charge in [0.05, 0.1) is 17.1 Å². The van der Waals surface area contributed by atoms with E-state index in [0.29, 0.717) is 5.92 Å². The fourth-order valence-electron chi connectivity index (χ4n) is 1.23. The molecule has 0 radical (unpaired) electrons. The van der Waals surface area contributed by atoms with Crippen LogP contribution in [0.3, 0.4) is 0 Å². The van der Waals surface area contributed by atoms with Crippen molar-refractivity contribution in [2.45, 2.75) is 33.6 Å². The van der Waals surface area contributed by atoms with Crippen LogP contribution in [0.4, 0.5) is 0 Å². The molecule has 78 valence electrons. The van der Waals surface area contributed by atoms with E-state index in [1.54, 1.807) is 11.3 Å². The van der Waals surface area contributed by atoms with Crippen molar-refractivity contribution in [2.24, 2.45) is 5.92 Å². The van der Waals surface area contributed by atoms with Crippen LogP contribution in [-0.2, 0) is 17.6 Å². The Kier molecular flexibility index (Phi) is 3.63. The van der Waals surface area contributed by atoms with E-state index in [4.69, 9.17) is 5.11 Å². The van der Waals surface area contributed by atoms with Crippen LogP contribution in [-0.4, -0.2) is 16.1 Å². The Morgan fingerprint density at radius 1 is 1.57 bits per heavy atom. The third kappa shape index (κ3) is 3.10. The average Bonchev–Trinajstić information content (AvgIpc) is 2.28. The number of hydrogen-bond donors (Lipinski definition) is 1. The van der Waals surface area contributed by atoms with Crippen LogP contribution in [0.25, 0.3) is 0 Å².